The van der Waals surface area contributed by atoms with Crippen molar-refractivity contribution in [3.63, 3.8) is 0 Å². The van der Waals surface area contributed by atoms with Crippen LogP contribution in [0, 0.1) is 11.8 Å². The molecule has 3 aliphatic rings. The first-order valence-corrected chi connectivity index (χ1v) is 11.5. The van der Waals surface area contributed by atoms with Crippen LogP contribution in [0.1, 0.15) is 39.3 Å². The fourth-order valence-corrected chi connectivity index (χ4v) is 5.62. The van der Waals surface area contributed by atoms with Gasteiger partial charge in [0.15, 0.2) is 0 Å². The average Bonchev–Trinajstić information content (AvgIpc) is 3.45. The Morgan fingerprint density at radius 1 is 0.800 bits per heavy atom. The molecule has 0 radical (unpaired) electrons. The lowest BCUT2D eigenvalue weighted by molar-refractivity contribution is -0.127. The van der Waals surface area contributed by atoms with Gasteiger partial charge in [-0.3, -0.25) is 19.2 Å². The van der Waals surface area contributed by atoms with Gasteiger partial charge in [-0.05, 0) is 24.6 Å². The van der Waals surface area contributed by atoms with Crippen LogP contribution in [-0.4, -0.2) is 35.6 Å². The van der Waals surface area contributed by atoms with Gasteiger partial charge in [0.1, 0.15) is 5.75 Å². The Kier molecular flexibility index (Phi) is 4.72. The molecule has 174 valence electrons. The summed E-state index contributed by atoms with van der Waals surface area (Å²) < 4.78 is 12.0. The summed E-state index contributed by atoms with van der Waals surface area (Å²) in [4.78, 5) is 56.5. The lowest BCUT2D eigenvalue weighted by atomic mass is 9.77. The van der Waals surface area contributed by atoms with Gasteiger partial charge in [0.25, 0.3) is 0 Å². The first-order valence-electron chi connectivity index (χ1n) is 11.5. The highest BCUT2D eigenvalue weighted by Crippen LogP contribution is 2.58. The van der Waals surface area contributed by atoms with Crippen molar-refractivity contribution in [2.24, 2.45) is 11.8 Å². The number of carbonyl (C=O) groups is 4. The third kappa shape index (κ3) is 2.76. The van der Waals surface area contributed by atoms with E-state index >= 15 is 0 Å². The molecular weight excluding hydrogens is 446 g/mol. The lowest BCUT2D eigenvalue weighted by Gasteiger charge is -2.27. The van der Waals surface area contributed by atoms with Crippen molar-refractivity contribution in [1.82, 2.24) is 0 Å². The Morgan fingerprint density at radius 2 is 1.40 bits per heavy atom. The summed E-state index contributed by atoms with van der Waals surface area (Å²) in [6.45, 7) is 2.15. The van der Waals surface area contributed by atoms with E-state index in [1.165, 1.54) is 0 Å². The van der Waals surface area contributed by atoms with E-state index in [4.69, 9.17) is 9.47 Å². The second-order valence-electron chi connectivity index (χ2n) is 8.80. The number of carbonyl (C=O) groups excluding carboxylic acids is 4. The number of Topliss-reactive ketones (excluding diaryl/α,β-unsaturated/α-hetero) is 2. The first kappa shape index (κ1) is 21.4. The molecule has 3 atom stereocenters. The highest BCUT2D eigenvalue weighted by Gasteiger charge is 2.74. The van der Waals surface area contributed by atoms with Gasteiger partial charge in [-0.25, -0.2) is 4.90 Å². The van der Waals surface area contributed by atoms with Gasteiger partial charge in [-0.2, -0.15) is 0 Å². The van der Waals surface area contributed by atoms with Crippen LogP contribution in [0.5, 0.6) is 5.75 Å². The van der Waals surface area contributed by atoms with Crippen LogP contribution in [-0.2, 0) is 14.3 Å². The zero-order valence-electron chi connectivity index (χ0n) is 18.8. The highest BCUT2D eigenvalue weighted by molar-refractivity contribution is 6.37. The molecule has 3 aromatic rings. The zero-order valence-corrected chi connectivity index (χ0v) is 18.8. The number of nitrogens with zero attached hydrogens (tertiary/aromatic N) is 1. The molecule has 6 rings (SSSR count). The summed E-state index contributed by atoms with van der Waals surface area (Å²) in [6.07, 6.45) is -0.941. The van der Waals surface area contributed by atoms with Crippen LogP contribution in [0.2, 0.25) is 0 Å². The van der Waals surface area contributed by atoms with Crippen molar-refractivity contribution in [2.75, 3.05) is 11.5 Å². The Hall–Kier alpha value is -4.10. The lowest BCUT2D eigenvalue weighted by Crippen LogP contribution is -2.51. The van der Waals surface area contributed by atoms with Gasteiger partial charge < -0.3 is 9.47 Å². The minimum absolute atomic E-state index is 0.207. The molecule has 3 aromatic carbocycles. The molecule has 3 unspecified atom stereocenters. The van der Waals surface area contributed by atoms with Gasteiger partial charge >= 0.3 is 0 Å². The summed E-state index contributed by atoms with van der Waals surface area (Å²) in [5, 5.41) is 0. The van der Waals surface area contributed by atoms with Gasteiger partial charge in [0.05, 0.1) is 30.2 Å². The number of hydrogen-bond acceptors (Lipinski definition) is 6. The van der Waals surface area contributed by atoms with E-state index in [1.807, 2.05) is 6.07 Å². The van der Waals surface area contributed by atoms with Crippen LogP contribution in [0.25, 0.3) is 0 Å². The molecule has 2 fully saturated rings. The minimum atomic E-state index is -2.09. The van der Waals surface area contributed by atoms with Crippen molar-refractivity contribution in [2.45, 2.75) is 18.6 Å². The van der Waals surface area contributed by atoms with Gasteiger partial charge in [0.2, 0.25) is 29.0 Å². The highest BCUT2D eigenvalue weighted by atomic mass is 16.5. The number of rotatable bonds is 4. The fraction of sp³-hybridized carbons (Fsp3) is 0.214. The fourth-order valence-electron chi connectivity index (χ4n) is 5.62. The van der Waals surface area contributed by atoms with E-state index in [2.05, 4.69) is 0 Å². The second kappa shape index (κ2) is 7.71. The maximum absolute atomic E-state index is 14.0. The number of anilines is 1. The number of imide groups is 1. The smallest absolute Gasteiger partial charge is 0.241 e. The molecule has 2 amide bonds. The summed E-state index contributed by atoms with van der Waals surface area (Å²) in [6, 6.07) is 22.1. The predicted molar refractivity (Wildman–Crippen MR) is 125 cm³/mol. The topological polar surface area (TPSA) is 90.0 Å². The quantitative estimate of drug-likeness (QED) is 0.429. The van der Waals surface area contributed by atoms with Crippen LogP contribution < -0.4 is 9.64 Å². The van der Waals surface area contributed by atoms with Crippen molar-refractivity contribution < 1.29 is 28.7 Å². The molecule has 35 heavy (non-hydrogen) atoms. The van der Waals surface area contributed by atoms with E-state index < -0.39 is 46.9 Å². The third-order valence-electron chi connectivity index (χ3n) is 7.05. The molecular formula is C28H21NO6. The largest absolute Gasteiger partial charge is 0.492 e. The molecule has 1 spiro atoms. The van der Waals surface area contributed by atoms with Crippen LogP contribution in [0.4, 0.5) is 5.69 Å². The van der Waals surface area contributed by atoms with Crippen LogP contribution in [0.15, 0.2) is 78.9 Å². The standard InChI is InChI=1S/C28H21NO6/c1-2-34-20-15-9-8-14-19(20)29-26(32)21-22(27(29)33)28(35-23(21)16-10-4-3-5-11-16)24(30)17-12-6-7-13-18(17)25(28)31/h3-15,21-23H,2H2,1H3. The molecule has 2 saturated heterocycles. The number of ketones is 2. The molecule has 0 N–H and O–H groups in total. The van der Waals surface area contributed by atoms with Crippen molar-refractivity contribution in [3.8, 4) is 5.75 Å². The summed E-state index contributed by atoms with van der Waals surface area (Å²) in [7, 11) is 0. The Bertz CT molecular complexity index is 1360. The number of hydrogen-bond donors (Lipinski definition) is 0. The number of amides is 2. The zero-order chi connectivity index (χ0) is 24.3. The second-order valence-corrected chi connectivity index (χ2v) is 8.80. The summed E-state index contributed by atoms with van der Waals surface area (Å²) >= 11 is 0. The SMILES string of the molecule is CCOc1ccccc1N1C(=O)C2C(c3ccccc3)OC3(C(=O)c4ccccc4C3=O)C2C1=O. The number of para-hydroxylation sites is 2. The maximum atomic E-state index is 14.0. The average molecular weight is 467 g/mol. The molecule has 1 aliphatic carbocycles. The number of fused-ring (bicyclic) bond motifs is 3. The normalized spacial score (nSPS) is 24.3. The molecule has 0 aromatic heterocycles. The molecule has 7 heteroatoms. The first-order chi connectivity index (χ1) is 17.0. The Morgan fingerprint density at radius 3 is 2.06 bits per heavy atom. The molecule has 7 nitrogen and oxygen atoms in total. The van der Waals surface area contributed by atoms with Gasteiger partial charge in [0, 0.05) is 11.1 Å². The minimum Gasteiger partial charge on any atom is -0.492 e. The van der Waals surface area contributed by atoms with Gasteiger partial charge in [-0.15, -0.1) is 0 Å². The predicted octanol–water partition coefficient (Wildman–Crippen LogP) is 3.78. The number of benzene rings is 3. The third-order valence-corrected chi connectivity index (χ3v) is 7.05. The summed E-state index contributed by atoms with van der Waals surface area (Å²) in [5.41, 5.74) is -0.762. The van der Waals surface area contributed by atoms with Crippen molar-refractivity contribution in [3.05, 3.63) is 95.6 Å². The molecule has 2 aliphatic heterocycles. The monoisotopic (exact) mass is 467 g/mol. The van der Waals surface area contributed by atoms with Crippen LogP contribution >= 0.6 is 0 Å². The summed E-state index contributed by atoms with van der Waals surface area (Å²) in [5.74, 6) is -4.27. The van der Waals surface area contributed by atoms with E-state index in [-0.39, 0.29) is 16.8 Å². The molecule has 0 saturated carbocycles. The molecule has 0 bridgehead atoms. The van der Waals surface area contributed by atoms with E-state index in [1.54, 1.807) is 79.7 Å². The van der Waals surface area contributed by atoms with Crippen LogP contribution in [0.3, 0.4) is 0 Å². The van der Waals surface area contributed by atoms with E-state index in [0.717, 1.165) is 4.90 Å². The van der Waals surface area contributed by atoms with E-state index in [0.29, 0.717) is 17.9 Å². The van der Waals surface area contributed by atoms with Gasteiger partial charge in [-0.1, -0.05) is 66.7 Å². The van der Waals surface area contributed by atoms with Crippen molar-refractivity contribution in [1.29, 1.82) is 0 Å². The Balaban J connectivity index is 1.54. The Labute approximate surface area is 201 Å². The van der Waals surface area contributed by atoms with E-state index in [9.17, 15) is 19.2 Å². The maximum Gasteiger partial charge on any atom is 0.241 e. The number of ether oxygens (including phenoxy) is 2. The molecule has 2 heterocycles. The van der Waals surface area contributed by atoms with Crippen molar-refractivity contribution >= 4 is 29.1 Å².